The van der Waals surface area contributed by atoms with Gasteiger partial charge < -0.3 is 24.8 Å². The molecule has 0 spiro atoms. The number of hydrogen-bond donors (Lipinski definition) is 2. The van der Waals surface area contributed by atoms with E-state index in [0.29, 0.717) is 24.6 Å². The van der Waals surface area contributed by atoms with E-state index in [0.717, 1.165) is 44.2 Å². The largest absolute Gasteiger partial charge is 0.494 e. The number of halogens is 1. The number of hydrogen-bond acceptors (Lipinski definition) is 5. The first-order valence-electron chi connectivity index (χ1n) is 10.2. The number of fused-ring (bicyclic) bond motifs is 1. The van der Waals surface area contributed by atoms with Crippen LogP contribution in [0.5, 0.6) is 11.5 Å². The van der Waals surface area contributed by atoms with E-state index >= 15 is 0 Å². The van der Waals surface area contributed by atoms with Crippen molar-refractivity contribution in [2.75, 3.05) is 26.4 Å². The monoisotopic (exact) mass is 396 g/mol. The van der Waals surface area contributed by atoms with Crippen molar-refractivity contribution in [2.24, 2.45) is 5.92 Å². The normalized spacial score (nSPS) is 29.7. The van der Waals surface area contributed by atoms with E-state index in [2.05, 4.69) is 29.7 Å². The molecule has 1 aromatic carbocycles. The van der Waals surface area contributed by atoms with Crippen LogP contribution in [0.15, 0.2) is 12.1 Å². The van der Waals surface area contributed by atoms with Crippen LogP contribution in [0.4, 0.5) is 0 Å². The minimum absolute atomic E-state index is 0. The van der Waals surface area contributed by atoms with Crippen LogP contribution >= 0.6 is 12.4 Å². The summed E-state index contributed by atoms with van der Waals surface area (Å²) >= 11 is 0. The third kappa shape index (κ3) is 4.70. The topological polar surface area (TPSA) is 51.8 Å². The summed E-state index contributed by atoms with van der Waals surface area (Å²) in [5, 5.41) is 7.47. The Morgan fingerprint density at radius 3 is 2.96 bits per heavy atom. The summed E-state index contributed by atoms with van der Waals surface area (Å²) in [4.78, 5) is 0. The fraction of sp³-hybridized carbons (Fsp3) is 0.714. The zero-order valence-electron chi connectivity index (χ0n) is 16.5. The summed E-state index contributed by atoms with van der Waals surface area (Å²) in [7, 11) is 0. The molecular formula is C21H33ClN2O3. The van der Waals surface area contributed by atoms with Crippen LogP contribution in [-0.2, 0) is 17.7 Å². The Bertz CT molecular complexity index is 622. The second kappa shape index (κ2) is 9.46. The molecule has 27 heavy (non-hydrogen) atoms. The Hall–Kier alpha value is -1.01. The van der Waals surface area contributed by atoms with Gasteiger partial charge in [0.15, 0.2) is 0 Å². The van der Waals surface area contributed by atoms with E-state index in [1.165, 1.54) is 30.4 Å². The molecule has 0 radical (unpaired) electrons. The lowest BCUT2D eigenvalue weighted by molar-refractivity contribution is 0.0524. The predicted octanol–water partition coefficient (Wildman–Crippen LogP) is 3.08. The van der Waals surface area contributed by atoms with E-state index < -0.39 is 0 Å². The zero-order chi connectivity index (χ0) is 17.9. The van der Waals surface area contributed by atoms with Crippen molar-refractivity contribution in [3.63, 3.8) is 0 Å². The predicted molar refractivity (Wildman–Crippen MR) is 109 cm³/mol. The molecule has 1 saturated carbocycles. The first-order valence-corrected chi connectivity index (χ1v) is 10.2. The van der Waals surface area contributed by atoms with Gasteiger partial charge in [-0.1, -0.05) is 6.42 Å². The molecule has 4 atom stereocenters. The van der Waals surface area contributed by atoms with Crippen LogP contribution in [0.25, 0.3) is 0 Å². The quantitative estimate of drug-likeness (QED) is 0.773. The molecule has 2 aliphatic heterocycles. The zero-order valence-corrected chi connectivity index (χ0v) is 17.3. The third-order valence-corrected chi connectivity index (χ3v) is 5.97. The Morgan fingerprint density at radius 2 is 2.19 bits per heavy atom. The summed E-state index contributed by atoms with van der Waals surface area (Å²) < 4.78 is 17.6. The fourth-order valence-electron chi connectivity index (χ4n) is 4.73. The summed E-state index contributed by atoms with van der Waals surface area (Å²) in [6, 6.07) is 5.39. The van der Waals surface area contributed by atoms with E-state index in [1.54, 1.807) is 0 Å². The summed E-state index contributed by atoms with van der Waals surface area (Å²) in [6.07, 6.45) is 5.05. The van der Waals surface area contributed by atoms with Gasteiger partial charge in [0.1, 0.15) is 17.6 Å². The van der Waals surface area contributed by atoms with Gasteiger partial charge in [-0.05, 0) is 44.7 Å². The average molecular weight is 397 g/mol. The van der Waals surface area contributed by atoms with Crippen molar-refractivity contribution in [2.45, 2.75) is 64.3 Å². The van der Waals surface area contributed by atoms with Gasteiger partial charge in [-0.2, -0.15) is 0 Å². The standard InChI is InChI=1S/C21H32N2O3.ClH/c1-3-25-20-10-15-9-14(2)26-21(15)11-16(20)12-23-18-6-4-5-17(18)19-13-24-8-7-22-19;/h10-11,14,17-19,22-23H,3-9,12-13H2,1-2H3;1H. The molecule has 2 fully saturated rings. The van der Waals surface area contributed by atoms with Crippen molar-refractivity contribution >= 4 is 12.4 Å². The van der Waals surface area contributed by atoms with Gasteiger partial charge in [0.2, 0.25) is 0 Å². The van der Waals surface area contributed by atoms with E-state index in [-0.39, 0.29) is 18.5 Å². The van der Waals surface area contributed by atoms with Crippen LogP contribution in [0.1, 0.15) is 44.2 Å². The van der Waals surface area contributed by atoms with Crippen molar-refractivity contribution < 1.29 is 14.2 Å². The highest BCUT2D eigenvalue weighted by Crippen LogP contribution is 2.36. The highest BCUT2D eigenvalue weighted by atomic mass is 35.5. The van der Waals surface area contributed by atoms with Crippen LogP contribution in [0, 0.1) is 5.92 Å². The number of ether oxygens (including phenoxy) is 3. The maximum Gasteiger partial charge on any atom is 0.124 e. The highest BCUT2D eigenvalue weighted by molar-refractivity contribution is 5.85. The number of morpholine rings is 1. The fourth-order valence-corrected chi connectivity index (χ4v) is 4.73. The Morgan fingerprint density at radius 1 is 1.30 bits per heavy atom. The molecule has 0 amide bonds. The van der Waals surface area contributed by atoms with Crippen LogP contribution in [0.2, 0.25) is 0 Å². The molecule has 4 rings (SSSR count). The minimum atomic E-state index is 0. The second-order valence-corrected chi connectivity index (χ2v) is 7.85. The molecule has 4 unspecified atom stereocenters. The first-order chi connectivity index (χ1) is 12.7. The van der Waals surface area contributed by atoms with Gasteiger partial charge in [0.25, 0.3) is 0 Å². The molecule has 2 N–H and O–H groups in total. The smallest absolute Gasteiger partial charge is 0.124 e. The molecule has 6 heteroatoms. The number of benzene rings is 1. The summed E-state index contributed by atoms with van der Waals surface area (Å²) in [6.45, 7) is 8.35. The van der Waals surface area contributed by atoms with Crippen molar-refractivity contribution in [1.82, 2.24) is 10.6 Å². The van der Waals surface area contributed by atoms with Crippen LogP contribution in [-0.4, -0.2) is 44.6 Å². The van der Waals surface area contributed by atoms with Gasteiger partial charge >= 0.3 is 0 Å². The molecule has 0 bridgehead atoms. The van der Waals surface area contributed by atoms with Gasteiger partial charge in [-0.3, -0.25) is 0 Å². The van der Waals surface area contributed by atoms with Gasteiger partial charge in [0.05, 0.1) is 19.8 Å². The maximum atomic E-state index is 5.96. The maximum absolute atomic E-state index is 5.96. The van der Waals surface area contributed by atoms with Gasteiger partial charge in [-0.25, -0.2) is 0 Å². The van der Waals surface area contributed by atoms with Gasteiger partial charge in [0, 0.05) is 42.7 Å². The molecule has 3 aliphatic rings. The molecular weight excluding hydrogens is 364 g/mol. The van der Waals surface area contributed by atoms with Crippen molar-refractivity contribution in [1.29, 1.82) is 0 Å². The lowest BCUT2D eigenvalue weighted by Gasteiger charge is -2.33. The lowest BCUT2D eigenvalue weighted by Crippen LogP contribution is -2.50. The second-order valence-electron chi connectivity index (χ2n) is 7.85. The lowest BCUT2D eigenvalue weighted by atomic mass is 9.93. The Balaban J connectivity index is 0.00000210. The van der Waals surface area contributed by atoms with E-state index in [4.69, 9.17) is 14.2 Å². The minimum Gasteiger partial charge on any atom is -0.494 e. The summed E-state index contributed by atoms with van der Waals surface area (Å²) in [5.41, 5.74) is 2.48. The van der Waals surface area contributed by atoms with E-state index in [1.807, 2.05) is 6.92 Å². The number of rotatable bonds is 6. The molecule has 0 aromatic heterocycles. The molecule has 1 saturated heterocycles. The SMILES string of the molecule is CCOc1cc2c(cc1CNC1CCCC1C1COCCN1)OC(C)C2.Cl. The summed E-state index contributed by atoms with van der Waals surface area (Å²) in [5.74, 6) is 2.68. The molecule has 1 aliphatic carbocycles. The molecule has 5 nitrogen and oxygen atoms in total. The number of nitrogens with one attached hydrogen (secondary N) is 2. The van der Waals surface area contributed by atoms with Crippen molar-refractivity contribution in [3.8, 4) is 11.5 Å². The Labute approximate surface area is 168 Å². The first kappa shape index (κ1) is 20.7. The van der Waals surface area contributed by atoms with Crippen molar-refractivity contribution in [3.05, 3.63) is 23.3 Å². The molecule has 1 aromatic rings. The Kier molecular flexibility index (Phi) is 7.26. The molecule has 152 valence electrons. The van der Waals surface area contributed by atoms with Crippen LogP contribution < -0.4 is 20.1 Å². The highest BCUT2D eigenvalue weighted by Gasteiger charge is 2.34. The average Bonchev–Trinajstić information content (AvgIpc) is 3.26. The van der Waals surface area contributed by atoms with Gasteiger partial charge in [-0.15, -0.1) is 12.4 Å². The third-order valence-electron chi connectivity index (χ3n) is 5.97. The van der Waals surface area contributed by atoms with Crippen LogP contribution in [0.3, 0.4) is 0 Å². The van der Waals surface area contributed by atoms with E-state index in [9.17, 15) is 0 Å². The molecule has 2 heterocycles.